The molecule has 0 aliphatic carbocycles. The number of aromatic amines is 1. The topological polar surface area (TPSA) is 103 Å². The lowest BCUT2D eigenvalue weighted by atomic mass is 9.89. The Hall–Kier alpha value is -2.18. The maximum absolute atomic E-state index is 12.8. The van der Waals surface area contributed by atoms with E-state index in [0.717, 1.165) is 6.42 Å². The molecule has 2 aliphatic rings. The van der Waals surface area contributed by atoms with E-state index in [9.17, 15) is 19.5 Å². The van der Waals surface area contributed by atoms with Crippen LogP contribution in [0.25, 0.3) is 0 Å². The molecule has 2 N–H and O–H groups in total. The van der Waals surface area contributed by atoms with Crippen molar-refractivity contribution >= 4 is 11.9 Å². The lowest BCUT2D eigenvalue weighted by molar-refractivity contribution is -0.142. The van der Waals surface area contributed by atoms with Gasteiger partial charge in [0.05, 0.1) is 11.6 Å². The van der Waals surface area contributed by atoms with E-state index in [1.165, 1.54) is 0 Å². The first-order valence-corrected chi connectivity index (χ1v) is 7.03. The molecule has 2 fully saturated rings. The van der Waals surface area contributed by atoms with Crippen LogP contribution in [0.15, 0.2) is 4.79 Å². The number of fused-ring (bicyclic) bond motifs is 2. The lowest BCUT2D eigenvalue weighted by Crippen LogP contribution is -2.41. The zero-order valence-electron chi connectivity index (χ0n) is 11.9. The summed E-state index contributed by atoms with van der Waals surface area (Å²) in [5, 5.41) is 15.4. The summed E-state index contributed by atoms with van der Waals surface area (Å²) in [4.78, 5) is 37.6. The van der Waals surface area contributed by atoms with Crippen LogP contribution in [0, 0.1) is 19.8 Å². The Morgan fingerprint density at radius 1 is 1.33 bits per heavy atom. The van der Waals surface area contributed by atoms with Gasteiger partial charge >= 0.3 is 5.97 Å². The molecule has 1 aromatic rings. The summed E-state index contributed by atoms with van der Waals surface area (Å²) in [5.74, 6) is -1.75. The fourth-order valence-electron chi connectivity index (χ4n) is 3.58. The predicted octanol–water partition coefficient (Wildman–Crippen LogP) is 0.464. The highest BCUT2D eigenvalue weighted by molar-refractivity contribution is 5.96. The highest BCUT2D eigenvalue weighted by Crippen LogP contribution is 2.42. The van der Waals surface area contributed by atoms with Gasteiger partial charge in [-0.05, 0) is 38.7 Å². The van der Waals surface area contributed by atoms with Crippen LogP contribution in [0.4, 0.5) is 0 Å². The smallest absolute Gasteiger partial charge is 0.308 e. The van der Waals surface area contributed by atoms with Crippen LogP contribution in [-0.2, 0) is 4.79 Å². The molecular formula is C14H17N3O4. The van der Waals surface area contributed by atoms with Crippen LogP contribution in [-0.4, -0.2) is 44.2 Å². The summed E-state index contributed by atoms with van der Waals surface area (Å²) >= 11 is 0. The summed E-state index contributed by atoms with van der Waals surface area (Å²) < 4.78 is 0. The van der Waals surface area contributed by atoms with Crippen LogP contribution in [0.5, 0.6) is 0 Å². The molecular weight excluding hydrogens is 274 g/mol. The zero-order chi connectivity index (χ0) is 15.3. The maximum Gasteiger partial charge on any atom is 0.308 e. The second kappa shape index (κ2) is 4.68. The summed E-state index contributed by atoms with van der Waals surface area (Å²) in [6, 6.07) is -0.372. The fraction of sp³-hybridized carbons (Fsp3) is 0.571. The van der Waals surface area contributed by atoms with E-state index in [4.69, 9.17) is 0 Å². The predicted molar refractivity (Wildman–Crippen MR) is 73.1 cm³/mol. The van der Waals surface area contributed by atoms with Gasteiger partial charge in [0.2, 0.25) is 0 Å². The van der Waals surface area contributed by atoms with Crippen molar-refractivity contribution in [2.75, 3.05) is 0 Å². The molecule has 21 heavy (non-hydrogen) atoms. The Morgan fingerprint density at radius 3 is 2.67 bits per heavy atom. The molecule has 3 heterocycles. The van der Waals surface area contributed by atoms with E-state index in [2.05, 4.69) is 10.2 Å². The van der Waals surface area contributed by atoms with Crippen LogP contribution in [0.1, 0.15) is 40.9 Å². The minimum atomic E-state index is -0.864. The van der Waals surface area contributed by atoms with Gasteiger partial charge in [0.25, 0.3) is 11.5 Å². The maximum atomic E-state index is 12.8. The molecule has 0 radical (unpaired) electrons. The molecule has 112 valence electrons. The van der Waals surface area contributed by atoms with E-state index < -0.39 is 17.4 Å². The first-order valence-electron chi connectivity index (χ1n) is 7.03. The Bertz CT molecular complexity index is 681. The molecule has 1 amide bonds. The Labute approximate surface area is 121 Å². The van der Waals surface area contributed by atoms with Crippen LogP contribution < -0.4 is 5.56 Å². The van der Waals surface area contributed by atoms with Gasteiger partial charge in [-0.15, -0.1) is 0 Å². The molecule has 0 saturated carbocycles. The number of carbonyl (C=O) groups is 2. The number of nitrogens with one attached hydrogen (secondary N) is 1. The van der Waals surface area contributed by atoms with Crippen molar-refractivity contribution in [1.82, 2.24) is 15.1 Å². The number of carboxylic acid groups (broad SMARTS) is 1. The number of carbonyl (C=O) groups excluding carboxylic acids is 1. The van der Waals surface area contributed by atoms with Crippen molar-refractivity contribution in [3.8, 4) is 0 Å². The number of hydrogen-bond acceptors (Lipinski definition) is 4. The fourth-order valence-corrected chi connectivity index (χ4v) is 3.58. The van der Waals surface area contributed by atoms with E-state index in [1.54, 1.807) is 18.7 Å². The summed E-state index contributed by atoms with van der Waals surface area (Å²) in [6.45, 7) is 3.41. The average molecular weight is 291 g/mol. The van der Waals surface area contributed by atoms with Gasteiger partial charge in [-0.2, -0.15) is 5.10 Å². The molecule has 3 rings (SSSR count). The van der Waals surface area contributed by atoms with Crippen LogP contribution in [0.3, 0.4) is 0 Å². The number of aryl methyl sites for hydroxylation is 1. The van der Waals surface area contributed by atoms with Crippen molar-refractivity contribution in [3.05, 3.63) is 27.2 Å². The van der Waals surface area contributed by atoms with Crippen molar-refractivity contribution < 1.29 is 14.7 Å². The van der Waals surface area contributed by atoms with Gasteiger partial charge in [-0.3, -0.25) is 14.4 Å². The van der Waals surface area contributed by atoms with Crippen LogP contribution in [0.2, 0.25) is 0 Å². The molecule has 1 aromatic heterocycles. The number of rotatable bonds is 2. The minimum Gasteiger partial charge on any atom is -0.481 e. The highest BCUT2D eigenvalue weighted by Gasteiger charge is 2.51. The summed E-state index contributed by atoms with van der Waals surface area (Å²) in [6.07, 6.45) is 1.97. The highest BCUT2D eigenvalue weighted by atomic mass is 16.4. The van der Waals surface area contributed by atoms with Crippen molar-refractivity contribution in [3.63, 3.8) is 0 Å². The van der Waals surface area contributed by atoms with E-state index in [0.29, 0.717) is 24.1 Å². The number of H-pyrrole nitrogens is 1. The first-order chi connectivity index (χ1) is 9.91. The standard InChI is InChI=1S/C14H17N3O4/c1-6-7(2)15-16-12(18)11(6)13(19)17-8-3-4-10(17)9(5-8)14(20)21/h8-10H,3-5H2,1-2H3,(H,16,18)(H,20,21). The largest absolute Gasteiger partial charge is 0.481 e. The molecule has 7 nitrogen and oxygen atoms in total. The number of carboxylic acids is 1. The molecule has 7 heteroatoms. The molecule has 3 unspecified atom stereocenters. The number of aliphatic carboxylic acids is 1. The minimum absolute atomic E-state index is 0.0733. The second-order valence-corrected chi connectivity index (χ2v) is 5.83. The van der Waals surface area contributed by atoms with E-state index in [1.807, 2.05) is 0 Å². The number of nitrogens with zero attached hydrogens (tertiary/aromatic N) is 2. The molecule has 2 bridgehead atoms. The normalized spacial score (nSPS) is 27.1. The lowest BCUT2D eigenvalue weighted by Gasteiger charge is -2.23. The second-order valence-electron chi connectivity index (χ2n) is 5.83. The van der Waals surface area contributed by atoms with E-state index in [-0.39, 0.29) is 23.6 Å². The quantitative estimate of drug-likeness (QED) is 0.824. The van der Waals surface area contributed by atoms with Crippen molar-refractivity contribution in [2.24, 2.45) is 5.92 Å². The van der Waals surface area contributed by atoms with Crippen molar-refractivity contribution in [1.29, 1.82) is 0 Å². The molecule has 0 spiro atoms. The number of hydrogen-bond donors (Lipinski definition) is 2. The van der Waals surface area contributed by atoms with Gasteiger partial charge in [0, 0.05) is 12.1 Å². The number of amides is 1. The van der Waals surface area contributed by atoms with Gasteiger partial charge in [-0.1, -0.05) is 0 Å². The molecule has 0 aromatic carbocycles. The Kier molecular flexibility index (Phi) is 3.07. The molecule has 2 aliphatic heterocycles. The third-order valence-corrected chi connectivity index (χ3v) is 4.77. The monoisotopic (exact) mass is 291 g/mol. The summed E-state index contributed by atoms with van der Waals surface area (Å²) in [5.41, 5.74) is 0.730. The van der Waals surface area contributed by atoms with Crippen molar-refractivity contribution in [2.45, 2.75) is 45.2 Å². The third kappa shape index (κ3) is 1.95. The molecule has 3 atom stereocenters. The van der Waals surface area contributed by atoms with Crippen LogP contribution >= 0.6 is 0 Å². The third-order valence-electron chi connectivity index (χ3n) is 4.77. The zero-order valence-corrected chi connectivity index (χ0v) is 11.9. The van der Waals surface area contributed by atoms with Gasteiger partial charge in [0.1, 0.15) is 5.56 Å². The van der Waals surface area contributed by atoms with E-state index >= 15 is 0 Å². The average Bonchev–Trinajstić information content (AvgIpc) is 3.00. The van der Waals surface area contributed by atoms with Gasteiger partial charge < -0.3 is 10.0 Å². The Balaban J connectivity index is 2.00. The number of aromatic nitrogens is 2. The van der Waals surface area contributed by atoms with Gasteiger partial charge in [0.15, 0.2) is 0 Å². The Morgan fingerprint density at radius 2 is 2.05 bits per heavy atom. The van der Waals surface area contributed by atoms with Gasteiger partial charge in [-0.25, -0.2) is 5.10 Å². The first kappa shape index (κ1) is 13.8. The summed E-state index contributed by atoms with van der Waals surface area (Å²) in [7, 11) is 0. The molecule has 2 saturated heterocycles. The SMILES string of the molecule is Cc1n[nH]c(=O)c(C(=O)N2C3CCC2C(C(=O)O)C3)c1C.